The van der Waals surface area contributed by atoms with Crippen molar-refractivity contribution in [2.45, 2.75) is 65.0 Å². The SMILES string of the molecule is CCCC(=O)N1CCCC[C@H]1c1nc2c(c(=O)[nH]1)CN(C(C)=O)CC2. The maximum Gasteiger partial charge on any atom is 0.256 e. The third-order valence-electron chi connectivity index (χ3n) is 5.13. The van der Waals surface area contributed by atoms with E-state index in [-0.39, 0.29) is 23.4 Å². The minimum Gasteiger partial charge on any atom is -0.338 e. The van der Waals surface area contributed by atoms with Crippen molar-refractivity contribution in [1.82, 2.24) is 19.8 Å². The Kier molecular flexibility index (Phi) is 5.20. The van der Waals surface area contributed by atoms with Gasteiger partial charge in [0.1, 0.15) is 5.82 Å². The molecule has 25 heavy (non-hydrogen) atoms. The van der Waals surface area contributed by atoms with Gasteiger partial charge in [0.25, 0.3) is 5.56 Å². The fourth-order valence-electron chi connectivity index (χ4n) is 3.74. The van der Waals surface area contributed by atoms with Crippen LogP contribution in [0.5, 0.6) is 0 Å². The quantitative estimate of drug-likeness (QED) is 0.899. The summed E-state index contributed by atoms with van der Waals surface area (Å²) >= 11 is 0. The molecule has 7 heteroatoms. The fourth-order valence-corrected chi connectivity index (χ4v) is 3.74. The molecule has 1 aromatic rings. The van der Waals surface area contributed by atoms with E-state index in [1.165, 1.54) is 6.92 Å². The van der Waals surface area contributed by atoms with Crippen molar-refractivity contribution in [2.75, 3.05) is 13.1 Å². The van der Waals surface area contributed by atoms with Gasteiger partial charge in [-0.3, -0.25) is 14.4 Å². The molecule has 0 aliphatic carbocycles. The highest BCUT2D eigenvalue weighted by molar-refractivity contribution is 5.76. The van der Waals surface area contributed by atoms with Crippen molar-refractivity contribution in [3.8, 4) is 0 Å². The lowest BCUT2D eigenvalue weighted by Gasteiger charge is -2.35. The summed E-state index contributed by atoms with van der Waals surface area (Å²) in [5.41, 5.74) is 1.16. The molecule has 0 radical (unpaired) electrons. The van der Waals surface area contributed by atoms with Gasteiger partial charge in [0, 0.05) is 32.9 Å². The first-order chi connectivity index (χ1) is 12.0. The highest BCUT2D eigenvalue weighted by atomic mass is 16.2. The van der Waals surface area contributed by atoms with Crippen molar-refractivity contribution in [3.05, 3.63) is 27.4 Å². The minimum absolute atomic E-state index is 0.0299. The molecule has 0 saturated carbocycles. The molecular weight excluding hydrogens is 320 g/mol. The summed E-state index contributed by atoms with van der Waals surface area (Å²) in [6, 6.07) is -0.142. The van der Waals surface area contributed by atoms with Gasteiger partial charge >= 0.3 is 0 Å². The van der Waals surface area contributed by atoms with Crippen LogP contribution in [0.25, 0.3) is 0 Å². The van der Waals surface area contributed by atoms with E-state index in [0.29, 0.717) is 37.3 Å². The molecule has 1 saturated heterocycles. The Morgan fingerprint density at radius 3 is 2.80 bits per heavy atom. The third-order valence-corrected chi connectivity index (χ3v) is 5.13. The average molecular weight is 346 g/mol. The van der Waals surface area contributed by atoms with Crippen LogP contribution in [-0.4, -0.2) is 44.7 Å². The van der Waals surface area contributed by atoms with Crippen LogP contribution in [0.2, 0.25) is 0 Å². The maximum atomic E-state index is 12.6. The topological polar surface area (TPSA) is 86.4 Å². The van der Waals surface area contributed by atoms with E-state index >= 15 is 0 Å². The lowest BCUT2D eigenvalue weighted by atomic mass is 9.99. The first kappa shape index (κ1) is 17.6. The van der Waals surface area contributed by atoms with Gasteiger partial charge in [-0.25, -0.2) is 4.98 Å². The van der Waals surface area contributed by atoms with Crippen molar-refractivity contribution < 1.29 is 9.59 Å². The molecule has 1 aromatic heterocycles. The number of nitrogens with zero attached hydrogens (tertiary/aromatic N) is 3. The van der Waals surface area contributed by atoms with Crippen molar-refractivity contribution >= 4 is 11.8 Å². The van der Waals surface area contributed by atoms with E-state index in [1.807, 2.05) is 11.8 Å². The smallest absolute Gasteiger partial charge is 0.256 e. The number of carbonyl (C=O) groups is 2. The molecule has 3 heterocycles. The van der Waals surface area contributed by atoms with E-state index in [1.54, 1.807) is 4.90 Å². The van der Waals surface area contributed by atoms with E-state index in [9.17, 15) is 14.4 Å². The number of piperidine rings is 1. The highest BCUT2D eigenvalue weighted by Crippen LogP contribution is 2.30. The van der Waals surface area contributed by atoms with Gasteiger partial charge in [0.2, 0.25) is 11.8 Å². The predicted molar refractivity (Wildman–Crippen MR) is 92.9 cm³/mol. The number of hydrogen-bond donors (Lipinski definition) is 1. The molecular formula is C18H26N4O3. The summed E-state index contributed by atoms with van der Waals surface area (Å²) < 4.78 is 0. The highest BCUT2D eigenvalue weighted by Gasteiger charge is 2.31. The van der Waals surface area contributed by atoms with Crippen LogP contribution in [0.1, 0.15) is 69.1 Å². The Balaban J connectivity index is 1.90. The number of H-pyrrole nitrogens is 1. The van der Waals surface area contributed by atoms with E-state index in [4.69, 9.17) is 4.98 Å². The van der Waals surface area contributed by atoms with Crippen molar-refractivity contribution in [1.29, 1.82) is 0 Å². The van der Waals surface area contributed by atoms with Crippen LogP contribution in [0.3, 0.4) is 0 Å². The molecule has 0 bridgehead atoms. The molecule has 1 N–H and O–H groups in total. The molecule has 7 nitrogen and oxygen atoms in total. The van der Waals surface area contributed by atoms with Gasteiger partial charge in [0.05, 0.1) is 23.8 Å². The molecule has 2 aliphatic heterocycles. The number of aromatic nitrogens is 2. The van der Waals surface area contributed by atoms with Gasteiger partial charge in [-0.05, 0) is 25.7 Å². The molecule has 1 atom stereocenters. The van der Waals surface area contributed by atoms with Crippen LogP contribution in [-0.2, 0) is 22.6 Å². The van der Waals surface area contributed by atoms with Crippen LogP contribution in [0.15, 0.2) is 4.79 Å². The van der Waals surface area contributed by atoms with Gasteiger partial charge < -0.3 is 14.8 Å². The lowest BCUT2D eigenvalue weighted by molar-refractivity contribution is -0.135. The molecule has 3 rings (SSSR count). The number of rotatable bonds is 3. The molecule has 0 spiro atoms. The Morgan fingerprint density at radius 2 is 2.08 bits per heavy atom. The summed E-state index contributed by atoms with van der Waals surface area (Å²) in [4.78, 5) is 47.7. The summed E-state index contributed by atoms with van der Waals surface area (Å²) in [5.74, 6) is 0.706. The van der Waals surface area contributed by atoms with E-state index < -0.39 is 0 Å². The van der Waals surface area contributed by atoms with Crippen molar-refractivity contribution in [3.63, 3.8) is 0 Å². The standard InChI is InChI=1S/C18H26N4O3/c1-3-6-16(24)22-9-5-4-7-15(22)17-19-14-8-10-21(12(2)23)11-13(14)18(25)20-17/h15H,3-11H2,1-2H3,(H,19,20,25)/t15-/m0/s1. The van der Waals surface area contributed by atoms with Crippen LogP contribution >= 0.6 is 0 Å². The number of likely N-dealkylation sites (tertiary alicyclic amines) is 1. The Labute approximate surface area is 147 Å². The van der Waals surface area contributed by atoms with Crippen LogP contribution in [0, 0.1) is 0 Å². The normalized spacial score (nSPS) is 20.3. The zero-order chi connectivity index (χ0) is 18.0. The number of nitrogens with one attached hydrogen (secondary N) is 1. The third kappa shape index (κ3) is 3.60. The largest absolute Gasteiger partial charge is 0.338 e. The Morgan fingerprint density at radius 1 is 1.28 bits per heavy atom. The first-order valence-electron chi connectivity index (χ1n) is 9.18. The van der Waals surface area contributed by atoms with Gasteiger partial charge in [-0.1, -0.05) is 6.92 Å². The number of carbonyl (C=O) groups excluding carboxylic acids is 2. The second-order valence-corrected chi connectivity index (χ2v) is 6.92. The summed E-state index contributed by atoms with van der Waals surface area (Å²) in [6.45, 7) is 5.14. The second-order valence-electron chi connectivity index (χ2n) is 6.92. The van der Waals surface area contributed by atoms with Gasteiger partial charge in [-0.2, -0.15) is 0 Å². The number of aromatic amines is 1. The fraction of sp³-hybridized carbons (Fsp3) is 0.667. The van der Waals surface area contributed by atoms with E-state index in [0.717, 1.165) is 37.9 Å². The zero-order valence-corrected chi connectivity index (χ0v) is 15.0. The molecule has 1 fully saturated rings. The van der Waals surface area contributed by atoms with Gasteiger partial charge in [0.15, 0.2) is 0 Å². The number of hydrogen-bond acceptors (Lipinski definition) is 4. The Hall–Kier alpha value is -2.18. The second kappa shape index (κ2) is 7.37. The summed E-state index contributed by atoms with van der Waals surface area (Å²) in [5, 5.41) is 0. The lowest BCUT2D eigenvalue weighted by Crippen LogP contribution is -2.42. The monoisotopic (exact) mass is 346 g/mol. The zero-order valence-electron chi connectivity index (χ0n) is 15.0. The first-order valence-corrected chi connectivity index (χ1v) is 9.18. The molecule has 2 amide bonds. The number of fused-ring (bicyclic) bond motifs is 1. The van der Waals surface area contributed by atoms with E-state index in [2.05, 4.69) is 4.98 Å². The number of amides is 2. The summed E-state index contributed by atoms with van der Waals surface area (Å²) in [6.07, 6.45) is 4.78. The molecule has 0 aromatic carbocycles. The van der Waals surface area contributed by atoms with Crippen LogP contribution in [0.4, 0.5) is 0 Å². The van der Waals surface area contributed by atoms with Crippen molar-refractivity contribution in [2.24, 2.45) is 0 Å². The van der Waals surface area contributed by atoms with Gasteiger partial charge in [-0.15, -0.1) is 0 Å². The summed E-state index contributed by atoms with van der Waals surface area (Å²) in [7, 11) is 0. The Bertz CT molecular complexity index is 728. The maximum absolute atomic E-state index is 12.6. The predicted octanol–water partition coefficient (Wildman–Crippen LogP) is 1.53. The molecule has 0 unspecified atom stereocenters. The molecule has 2 aliphatic rings. The minimum atomic E-state index is -0.181. The molecule has 136 valence electrons. The average Bonchev–Trinajstić information content (AvgIpc) is 2.61. The van der Waals surface area contributed by atoms with Crippen LogP contribution < -0.4 is 5.56 Å².